The van der Waals surface area contributed by atoms with E-state index in [1.807, 2.05) is 13.8 Å². The van der Waals surface area contributed by atoms with Crippen LogP contribution in [0.1, 0.15) is 19.4 Å². The minimum Gasteiger partial charge on any atom is -0.350 e. The number of amides is 1. The van der Waals surface area contributed by atoms with Crippen LogP contribution in [0.4, 0.5) is 4.39 Å². The molecule has 0 unspecified atom stereocenters. The lowest BCUT2D eigenvalue weighted by Crippen LogP contribution is -2.28. The summed E-state index contributed by atoms with van der Waals surface area (Å²) in [4.78, 5) is 11.3. The minimum absolute atomic E-state index is 0.0736. The Labute approximate surface area is 103 Å². The van der Waals surface area contributed by atoms with Crippen molar-refractivity contribution in [3.05, 3.63) is 40.1 Å². The molecule has 1 aromatic rings. The number of halogens is 2. The van der Waals surface area contributed by atoms with Gasteiger partial charge in [-0.2, -0.15) is 0 Å². The fourth-order valence-corrected chi connectivity index (χ4v) is 1.52. The van der Waals surface area contributed by atoms with Crippen molar-refractivity contribution in [2.24, 2.45) is 0 Å². The Balaban J connectivity index is 2.76. The van der Waals surface area contributed by atoms with Crippen LogP contribution in [0.15, 0.2) is 28.7 Å². The van der Waals surface area contributed by atoms with Gasteiger partial charge in [0, 0.05) is 22.2 Å². The third kappa shape index (κ3) is 4.14. The van der Waals surface area contributed by atoms with Gasteiger partial charge in [-0.1, -0.05) is 15.9 Å². The van der Waals surface area contributed by atoms with Crippen molar-refractivity contribution in [2.75, 3.05) is 0 Å². The van der Waals surface area contributed by atoms with E-state index >= 15 is 0 Å². The maximum absolute atomic E-state index is 13.3. The van der Waals surface area contributed by atoms with E-state index in [1.54, 1.807) is 12.1 Å². The number of carbonyl (C=O) groups excluding carboxylic acids is 1. The van der Waals surface area contributed by atoms with Gasteiger partial charge < -0.3 is 5.32 Å². The molecule has 0 saturated heterocycles. The number of hydrogen-bond donors (Lipinski definition) is 1. The highest BCUT2D eigenvalue weighted by molar-refractivity contribution is 9.10. The van der Waals surface area contributed by atoms with Crippen LogP contribution in [0, 0.1) is 5.82 Å². The van der Waals surface area contributed by atoms with Gasteiger partial charge in [0.25, 0.3) is 0 Å². The van der Waals surface area contributed by atoms with Crippen molar-refractivity contribution in [3.63, 3.8) is 0 Å². The van der Waals surface area contributed by atoms with Gasteiger partial charge in [0.05, 0.1) is 0 Å². The summed E-state index contributed by atoms with van der Waals surface area (Å²) in [6.07, 6.45) is 2.78. The Morgan fingerprint density at radius 1 is 1.50 bits per heavy atom. The summed E-state index contributed by atoms with van der Waals surface area (Å²) >= 11 is 3.24. The third-order valence-corrected chi connectivity index (χ3v) is 2.30. The Bertz CT molecular complexity index is 415. The lowest BCUT2D eigenvalue weighted by Gasteiger charge is -2.04. The average molecular weight is 286 g/mol. The monoisotopic (exact) mass is 285 g/mol. The van der Waals surface area contributed by atoms with E-state index in [0.717, 1.165) is 4.47 Å². The predicted molar refractivity (Wildman–Crippen MR) is 66.4 cm³/mol. The molecular weight excluding hydrogens is 273 g/mol. The fourth-order valence-electron chi connectivity index (χ4n) is 1.14. The van der Waals surface area contributed by atoms with E-state index in [0.29, 0.717) is 5.56 Å². The molecule has 0 aliphatic rings. The SMILES string of the molecule is CC(C)NC(=O)C=Cc1cc(Br)ccc1F. The quantitative estimate of drug-likeness (QED) is 0.850. The second-order valence-electron chi connectivity index (χ2n) is 3.66. The number of benzene rings is 1. The summed E-state index contributed by atoms with van der Waals surface area (Å²) in [6, 6.07) is 4.66. The molecule has 1 rings (SSSR count). The van der Waals surface area contributed by atoms with Gasteiger partial charge >= 0.3 is 0 Å². The number of carbonyl (C=O) groups is 1. The van der Waals surface area contributed by atoms with Gasteiger partial charge in [0.2, 0.25) is 5.91 Å². The van der Waals surface area contributed by atoms with Crippen molar-refractivity contribution in [1.82, 2.24) is 5.32 Å². The van der Waals surface area contributed by atoms with Crippen molar-refractivity contribution < 1.29 is 9.18 Å². The zero-order valence-corrected chi connectivity index (χ0v) is 10.7. The summed E-state index contributed by atoms with van der Waals surface area (Å²) in [6.45, 7) is 3.73. The first-order valence-electron chi connectivity index (χ1n) is 4.92. The summed E-state index contributed by atoms with van der Waals surface area (Å²) in [5, 5.41) is 2.69. The highest BCUT2D eigenvalue weighted by Gasteiger charge is 2.01. The second-order valence-corrected chi connectivity index (χ2v) is 4.58. The van der Waals surface area contributed by atoms with Crippen molar-refractivity contribution in [3.8, 4) is 0 Å². The predicted octanol–water partition coefficient (Wildman–Crippen LogP) is 3.13. The molecule has 0 heterocycles. The first-order chi connectivity index (χ1) is 7.49. The van der Waals surface area contributed by atoms with Crippen molar-refractivity contribution in [2.45, 2.75) is 19.9 Å². The molecule has 0 atom stereocenters. The van der Waals surface area contributed by atoms with Crippen LogP contribution in [-0.4, -0.2) is 11.9 Å². The number of nitrogens with one attached hydrogen (secondary N) is 1. The second kappa shape index (κ2) is 5.80. The molecule has 0 aliphatic carbocycles. The Morgan fingerprint density at radius 2 is 2.19 bits per heavy atom. The first-order valence-corrected chi connectivity index (χ1v) is 5.72. The Kier molecular flexibility index (Phi) is 4.68. The highest BCUT2D eigenvalue weighted by Crippen LogP contribution is 2.16. The zero-order chi connectivity index (χ0) is 12.1. The highest BCUT2D eigenvalue weighted by atomic mass is 79.9. The molecule has 1 amide bonds. The topological polar surface area (TPSA) is 29.1 Å². The minimum atomic E-state index is -0.350. The van der Waals surface area contributed by atoms with Crippen LogP contribution in [0.2, 0.25) is 0 Å². The van der Waals surface area contributed by atoms with E-state index in [1.165, 1.54) is 18.2 Å². The van der Waals surface area contributed by atoms with Crippen molar-refractivity contribution >= 4 is 27.9 Å². The van der Waals surface area contributed by atoms with Gasteiger partial charge in [-0.25, -0.2) is 4.39 Å². The average Bonchev–Trinajstić information content (AvgIpc) is 2.18. The third-order valence-electron chi connectivity index (χ3n) is 1.80. The molecule has 1 aromatic carbocycles. The van der Waals surface area contributed by atoms with Gasteiger partial charge in [-0.3, -0.25) is 4.79 Å². The lowest BCUT2D eigenvalue weighted by molar-refractivity contribution is -0.116. The molecule has 4 heteroatoms. The number of rotatable bonds is 3. The van der Waals surface area contributed by atoms with E-state index in [-0.39, 0.29) is 17.8 Å². The standard InChI is InChI=1S/C12H13BrFNO/c1-8(2)15-12(16)6-3-9-7-10(13)4-5-11(9)14/h3-8H,1-2H3,(H,15,16). The maximum Gasteiger partial charge on any atom is 0.244 e. The molecule has 16 heavy (non-hydrogen) atoms. The lowest BCUT2D eigenvalue weighted by atomic mass is 10.2. The van der Waals surface area contributed by atoms with Crippen LogP contribution in [0.3, 0.4) is 0 Å². The van der Waals surface area contributed by atoms with E-state index in [4.69, 9.17) is 0 Å². The summed E-state index contributed by atoms with van der Waals surface area (Å²) in [5.74, 6) is -0.578. The largest absolute Gasteiger partial charge is 0.350 e. The van der Waals surface area contributed by atoms with Crippen LogP contribution in [0.5, 0.6) is 0 Å². The molecule has 0 saturated carbocycles. The Morgan fingerprint density at radius 3 is 2.81 bits per heavy atom. The molecule has 0 spiro atoms. The smallest absolute Gasteiger partial charge is 0.244 e. The molecular formula is C12H13BrFNO. The molecule has 1 N–H and O–H groups in total. The molecule has 86 valence electrons. The van der Waals surface area contributed by atoms with E-state index < -0.39 is 0 Å². The van der Waals surface area contributed by atoms with Crippen LogP contribution >= 0.6 is 15.9 Å². The normalized spacial score (nSPS) is 11.1. The van der Waals surface area contributed by atoms with Crippen LogP contribution < -0.4 is 5.32 Å². The summed E-state index contributed by atoms with van der Waals surface area (Å²) in [5.41, 5.74) is 0.383. The molecule has 0 fully saturated rings. The van der Waals surface area contributed by atoms with Crippen LogP contribution in [-0.2, 0) is 4.79 Å². The summed E-state index contributed by atoms with van der Waals surface area (Å²) < 4.78 is 14.1. The van der Waals surface area contributed by atoms with E-state index in [2.05, 4.69) is 21.2 Å². The first kappa shape index (κ1) is 12.9. The molecule has 0 aliphatic heterocycles. The zero-order valence-electron chi connectivity index (χ0n) is 9.13. The van der Waals surface area contributed by atoms with Gasteiger partial charge in [0.1, 0.15) is 5.82 Å². The maximum atomic E-state index is 13.3. The van der Waals surface area contributed by atoms with E-state index in [9.17, 15) is 9.18 Å². The summed E-state index contributed by atoms with van der Waals surface area (Å²) in [7, 11) is 0. The molecule has 2 nitrogen and oxygen atoms in total. The molecule has 0 bridgehead atoms. The fraction of sp³-hybridized carbons (Fsp3) is 0.250. The van der Waals surface area contributed by atoms with Gasteiger partial charge in [-0.05, 0) is 38.1 Å². The van der Waals surface area contributed by atoms with Gasteiger partial charge in [0.15, 0.2) is 0 Å². The molecule has 0 aromatic heterocycles. The van der Waals surface area contributed by atoms with Crippen LogP contribution in [0.25, 0.3) is 6.08 Å². The Hall–Kier alpha value is -1.16. The number of hydrogen-bond acceptors (Lipinski definition) is 1. The molecule has 0 radical (unpaired) electrons. The van der Waals surface area contributed by atoms with Crippen molar-refractivity contribution in [1.29, 1.82) is 0 Å². The van der Waals surface area contributed by atoms with Gasteiger partial charge in [-0.15, -0.1) is 0 Å².